The number of aromatic nitrogens is 2. The minimum Gasteiger partial charge on any atom is -0.462 e. The van der Waals surface area contributed by atoms with Crippen molar-refractivity contribution < 1.29 is 98.0 Å². The Bertz CT molecular complexity index is 3060. The molecule has 7 heterocycles. The molecule has 7 aliphatic rings. The summed E-state index contributed by atoms with van der Waals surface area (Å²) in [6, 6.07) is 2.19. The monoisotopic (exact) mass is 1310 g/mol. The number of carbonyl (C=O) groups is 1. The first-order chi connectivity index (χ1) is 41.3. The van der Waals surface area contributed by atoms with Crippen molar-refractivity contribution in [1.82, 2.24) is 9.78 Å². The van der Waals surface area contributed by atoms with Gasteiger partial charge in [-0.05, 0) is 75.0 Å². The lowest BCUT2D eigenvalue weighted by Gasteiger charge is -2.48. The van der Waals surface area contributed by atoms with E-state index in [-0.39, 0.29) is 42.7 Å². The Balaban J connectivity index is 0.000000322. The first kappa shape index (κ1) is 69.6. The molecule has 0 amide bonds. The van der Waals surface area contributed by atoms with E-state index in [1.54, 1.807) is 40.2 Å². The maximum absolute atomic E-state index is 14.3. The number of nitrogens with two attached hydrogens (primary N) is 1. The van der Waals surface area contributed by atoms with Crippen LogP contribution in [0.1, 0.15) is 105 Å². The van der Waals surface area contributed by atoms with Crippen molar-refractivity contribution in [3.8, 4) is 11.8 Å². The first-order valence-corrected chi connectivity index (χ1v) is 30.9. The minimum atomic E-state index is -5.25. The van der Waals surface area contributed by atoms with Crippen molar-refractivity contribution in [1.29, 1.82) is 5.26 Å². The predicted molar refractivity (Wildman–Crippen MR) is 307 cm³/mol. The Morgan fingerprint density at radius 2 is 1.58 bits per heavy atom. The number of esters is 1. The van der Waals surface area contributed by atoms with E-state index < -0.39 is 151 Å². The van der Waals surface area contributed by atoms with E-state index in [0.29, 0.717) is 60.1 Å². The third kappa shape index (κ3) is 14.6. The number of hydrogen-bond donors (Lipinski definition) is 4. The fourth-order valence-corrected chi connectivity index (χ4v) is 13.9. The molecule has 28 heteroatoms. The summed E-state index contributed by atoms with van der Waals surface area (Å²) in [6.45, 7) is 16.1. The molecule has 0 saturated carbocycles. The van der Waals surface area contributed by atoms with Crippen molar-refractivity contribution >= 4 is 45.8 Å². The molecule has 1 spiro atoms. The van der Waals surface area contributed by atoms with Gasteiger partial charge < -0.3 is 68.4 Å². The molecule has 4 saturated heterocycles. The highest BCUT2D eigenvalue weighted by molar-refractivity contribution is 7.86. The summed E-state index contributed by atoms with van der Waals surface area (Å²) in [5.41, 5.74) is -2.29. The van der Waals surface area contributed by atoms with E-state index in [1.807, 2.05) is 32.1 Å². The molecule has 6 aliphatic heterocycles. The van der Waals surface area contributed by atoms with Gasteiger partial charge in [0.15, 0.2) is 34.9 Å². The number of aliphatic hydroxyl groups excluding tert-OH is 2. The van der Waals surface area contributed by atoms with E-state index in [0.717, 1.165) is 12.0 Å². The predicted octanol–water partition coefficient (Wildman–Crippen LogP) is 9.66. The molecule has 9 rings (SSSR count). The third-order valence-electron chi connectivity index (χ3n) is 17.4. The Morgan fingerprint density at radius 3 is 2.20 bits per heavy atom. The number of nitrogens with zero attached hydrogens (tertiary/aromatic N) is 3. The van der Waals surface area contributed by atoms with Gasteiger partial charge in [-0.3, -0.25) is 4.79 Å². The SMILES string of the molecule is CCC(C)[C@H]1O[C@]2(C=C[C@@H]1C)C[C@@H]1C[C@@H](C/C=C(\C)[C@@H](O[C@H]3C[C@H](OC)[C@@H](O[C@H]4C[C@H](OC)[C@@H](O)[C@H](C)O4)[C@H](C)O3)[C@@H](C)/C=C/C=C3\CO[C@@H]4[C@H](O)C(C)=C[C@@H](C(=O)O1)[C@]34O)O2.N#Cc1nn(-c2c(Cl)cc(C(F)(F)F)cc2Cl)c(N)c1S(=O)C(F)(F)F. The van der Waals surface area contributed by atoms with Crippen molar-refractivity contribution in [2.24, 2.45) is 23.7 Å². The van der Waals surface area contributed by atoms with Crippen LogP contribution >= 0.6 is 23.2 Å². The highest BCUT2D eigenvalue weighted by Crippen LogP contribution is 2.48. The second-order valence-corrected chi connectivity index (χ2v) is 25.8. The minimum absolute atomic E-state index is 0.0317. The quantitative estimate of drug-likeness (QED) is 0.0981. The van der Waals surface area contributed by atoms with E-state index in [4.69, 9.17) is 81.6 Å². The lowest BCUT2D eigenvalue weighted by atomic mass is 9.71. The summed E-state index contributed by atoms with van der Waals surface area (Å²) in [6.07, 6.45) is 3.76. The van der Waals surface area contributed by atoms with Gasteiger partial charge in [0.25, 0.3) is 0 Å². The summed E-state index contributed by atoms with van der Waals surface area (Å²) in [5, 5.41) is 45.3. The maximum Gasteiger partial charge on any atom is 0.476 e. The van der Waals surface area contributed by atoms with Crippen molar-refractivity contribution in [2.75, 3.05) is 26.6 Å². The van der Waals surface area contributed by atoms with E-state index >= 15 is 0 Å². The van der Waals surface area contributed by atoms with Gasteiger partial charge in [-0.1, -0.05) is 93.8 Å². The van der Waals surface area contributed by atoms with Crippen molar-refractivity contribution in [3.05, 3.63) is 92.7 Å². The number of nitrogen functional groups attached to an aromatic ring is 1. The van der Waals surface area contributed by atoms with E-state index in [9.17, 15) is 50.7 Å². The van der Waals surface area contributed by atoms with Gasteiger partial charge in [0.05, 0.1) is 64.9 Å². The number of rotatable bonds is 10. The smallest absolute Gasteiger partial charge is 0.462 e. The lowest BCUT2D eigenvalue weighted by Crippen LogP contribution is -2.58. The van der Waals surface area contributed by atoms with Crippen LogP contribution in [0.5, 0.6) is 0 Å². The van der Waals surface area contributed by atoms with Crippen LogP contribution in [-0.2, 0) is 69.1 Å². The van der Waals surface area contributed by atoms with E-state index in [2.05, 4.69) is 44.9 Å². The molecule has 1 aromatic heterocycles. The third-order valence-corrected chi connectivity index (χ3v) is 19.2. The largest absolute Gasteiger partial charge is 0.476 e. The number of hydrogen-bond acceptors (Lipinski definition) is 18. The van der Waals surface area contributed by atoms with Crippen LogP contribution in [0.2, 0.25) is 10.0 Å². The summed E-state index contributed by atoms with van der Waals surface area (Å²) in [4.78, 5) is 13.2. The van der Waals surface area contributed by atoms with Crippen molar-refractivity contribution in [3.63, 3.8) is 0 Å². The zero-order valence-electron chi connectivity index (χ0n) is 50.1. The molecular formula is C60H76Cl2F6N4O15S. The zero-order valence-corrected chi connectivity index (χ0v) is 52.5. The van der Waals surface area contributed by atoms with Crippen LogP contribution in [0, 0.1) is 35.0 Å². The molecule has 0 radical (unpaired) electrons. The Morgan fingerprint density at radius 1 is 0.932 bits per heavy atom. The maximum atomic E-state index is 14.3. The number of anilines is 1. The number of carbonyl (C=O) groups excluding carboxylic acids is 1. The number of fused-ring (bicyclic) bond motifs is 2. The number of halogens is 8. The fourth-order valence-electron chi connectivity index (χ4n) is 12.5. The van der Waals surface area contributed by atoms with Gasteiger partial charge in [-0.2, -0.15) is 36.7 Å². The second-order valence-electron chi connectivity index (χ2n) is 23.5. The van der Waals surface area contributed by atoms with Crippen LogP contribution in [0.15, 0.2) is 76.3 Å². The van der Waals surface area contributed by atoms with E-state index in [1.165, 1.54) is 6.07 Å². The molecular weight excluding hydrogens is 1230 g/mol. The summed E-state index contributed by atoms with van der Waals surface area (Å²) < 4.78 is 152. The van der Waals surface area contributed by atoms with Gasteiger partial charge in [0, 0.05) is 51.7 Å². The molecule has 5 N–H and O–H groups in total. The molecule has 1 aliphatic carbocycles. The lowest BCUT2D eigenvalue weighted by molar-refractivity contribution is -0.318. The number of allylic oxidation sites excluding steroid dienone is 2. The molecule has 1 aromatic carbocycles. The van der Waals surface area contributed by atoms with Crippen LogP contribution in [0.25, 0.3) is 5.69 Å². The summed E-state index contributed by atoms with van der Waals surface area (Å²) in [7, 11) is -0.486. The normalized spacial score (nSPS) is 38.6. The van der Waals surface area contributed by atoms with Crippen LogP contribution < -0.4 is 5.73 Å². The first-order valence-electron chi connectivity index (χ1n) is 29.0. The second kappa shape index (κ2) is 27.9. The average molecular weight is 1310 g/mol. The van der Waals surface area contributed by atoms with Crippen LogP contribution in [-0.4, -0.2) is 159 Å². The van der Waals surface area contributed by atoms with Crippen LogP contribution in [0.4, 0.5) is 32.2 Å². The zero-order chi connectivity index (χ0) is 64.7. The number of nitriles is 1. The van der Waals surface area contributed by atoms with Crippen molar-refractivity contribution in [2.45, 2.75) is 208 Å². The molecule has 2 unspecified atom stereocenters. The Labute approximate surface area is 519 Å². The number of ether oxygens (including phenoxy) is 10. The Hall–Kier alpha value is -4.28. The molecule has 21 atom stereocenters. The topological polar surface area (TPSA) is 255 Å². The Kier molecular flexibility index (Phi) is 22.1. The van der Waals surface area contributed by atoms with Gasteiger partial charge >= 0.3 is 17.7 Å². The highest BCUT2D eigenvalue weighted by atomic mass is 35.5. The molecule has 4 fully saturated rings. The molecule has 488 valence electrons. The highest BCUT2D eigenvalue weighted by Gasteiger charge is 2.60. The molecule has 19 nitrogen and oxygen atoms in total. The number of benzene rings is 1. The number of alkyl halides is 6. The van der Waals surface area contributed by atoms with Gasteiger partial charge in [-0.15, -0.1) is 0 Å². The van der Waals surface area contributed by atoms with Crippen LogP contribution in [0.3, 0.4) is 0 Å². The average Bonchev–Trinajstić information content (AvgIpc) is 1.59. The molecule has 2 aromatic rings. The standard InChI is InChI=1S/C48H72O14.C12H4Cl2F6N4OS/c1-11-25(2)43-28(5)17-18-47(62-43)23-34-20-33(61-47)16-15-27(4)42(26(3)13-12-14-32-24-55-45-40(49)29(6)19-35(46(51)58-34)48(32,45)52)59-39-22-37(54-10)44(31(8)57-39)60-38-21-36(53-9)41(50)30(7)56-38;13-5-1-4(11(15,16)17)2-6(14)8(5)24-10(22)9(7(3-21)23-24)26(25)12(18,19)20/h12-15,17-19,25-26,28,30-31,33-45,49-50,52H,11,16,20-24H2,1-10H3;1-2H,22H2/b13-12+,27-15+,32-14+;/t25?,26-,28-,30-,31-,33+,34-,35-,36-,37-,38-,39-,40+,41-,42-,43+,44-,45+,47+,48+;/m0./s1. The molecule has 2 bridgehead atoms. The molecule has 88 heavy (non-hydrogen) atoms. The fraction of sp³-hybridized carbons (Fsp3) is 0.650. The van der Waals surface area contributed by atoms with Gasteiger partial charge in [0.2, 0.25) is 0 Å². The number of aliphatic hydroxyl groups is 3. The van der Waals surface area contributed by atoms with Gasteiger partial charge in [0.1, 0.15) is 64.5 Å². The summed E-state index contributed by atoms with van der Waals surface area (Å²) in [5.74, 6) is -3.47. The summed E-state index contributed by atoms with van der Waals surface area (Å²) >= 11 is 11.5. The number of methoxy groups -OCH3 is 2. The van der Waals surface area contributed by atoms with Gasteiger partial charge in [-0.25, -0.2) is 8.89 Å².